The van der Waals surface area contributed by atoms with E-state index in [9.17, 15) is 14.3 Å². The van der Waals surface area contributed by atoms with E-state index in [-0.39, 0.29) is 22.7 Å². The van der Waals surface area contributed by atoms with Gasteiger partial charge in [-0.15, -0.1) is 0 Å². The summed E-state index contributed by atoms with van der Waals surface area (Å²) in [6.45, 7) is 0. The van der Waals surface area contributed by atoms with Crippen molar-refractivity contribution in [3.05, 3.63) is 93.5 Å². The van der Waals surface area contributed by atoms with Crippen molar-refractivity contribution < 1.29 is 9.50 Å². The predicted octanol–water partition coefficient (Wildman–Crippen LogP) is 3.79. The molecule has 0 radical (unpaired) electrons. The normalized spacial score (nSPS) is 18.5. The second kappa shape index (κ2) is 9.59. The van der Waals surface area contributed by atoms with Gasteiger partial charge in [0.25, 0.3) is 5.56 Å². The average molecular weight is 495 g/mol. The Balaban J connectivity index is 1.49. The van der Waals surface area contributed by atoms with Crippen LogP contribution in [-0.4, -0.2) is 41.6 Å². The van der Waals surface area contributed by atoms with Crippen LogP contribution in [-0.2, 0) is 7.05 Å². The Morgan fingerprint density at radius 2 is 2.06 bits per heavy atom. The minimum Gasteiger partial charge on any atom is -0.393 e. The molecule has 10 heteroatoms. The lowest BCUT2D eigenvalue weighted by atomic mass is 10.0. The zero-order valence-corrected chi connectivity index (χ0v) is 19.7. The van der Waals surface area contributed by atoms with E-state index in [0.717, 1.165) is 18.4 Å². The van der Waals surface area contributed by atoms with E-state index >= 15 is 0 Å². The first-order valence-electron chi connectivity index (χ1n) is 11.3. The zero-order chi connectivity index (χ0) is 24.5. The summed E-state index contributed by atoms with van der Waals surface area (Å²) in [6.07, 6.45) is 8.72. The van der Waals surface area contributed by atoms with Crippen LogP contribution in [0.25, 0.3) is 11.3 Å². The fraction of sp³-hybridized carbons (Fsp3) is 0.280. The van der Waals surface area contributed by atoms with Crippen LogP contribution in [0.2, 0.25) is 5.02 Å². The maximum absolute atomic E-state index is 14.3. The highest BCUT2D eigenvalue weighted by molar-refractivity contribution is 6.30. The second-order valence-corrected chi connectivity index (χ2v) is 9.17. The van der Waals surface area contributed by atoms with Gasteiger partial charge in [0.15, 0.2) is 0 Å². The number of anilines is 1. The maximum Gasteiger partial charge on any atom is 0.252 e. The Labute approximate surface area is 206 Å². The zero-order valence-electron chi connectivity index (χ0n) is 19.0. The number of aryl methyl sites for hydroxylation is 1. The smallest absolute Gasteiger partial charge is 0.252 e. The summed E-state index contributed by atoms with van der Waals surface area (Å²) in [5.41, 5.74) is 2.26. The molecule has 3 heterocycles. The number of rotatable bonds is 6. The highest BCUT2D eigenvalue weighted by Gasteiger charge is 2.24. The highest BCUT2D eigenvalue weighted by Crippen LogP contribution is 2.29. The lowest BCUT2D eigenvalue weighted by Crippen LogP contribution is -2.25. The van der Waals surface area contributed by atoms with E-state index < -0.39 is 11.9 Å². The van der Waals surface area contributed by atoms with Crippen molar-refractivity contribution in [2.24, 2.45) is 7.05 Å². The fourth-order valence-corrected chi connectivity index (χ4v) is 4.62. The van der Waals surface area contributed by atoms with Gasteiger partial charge in [-0.1, -0.05) is 17.7 Å². The summed E-state index contributed by atoms with van der Waals surface area (Å²) < 4.78 is 17.5. The van der Waals surface area contributed by atoms with E-state index in [2.05, 4.69) is 20.4 Å². The fourth-order valence-electron chi connectivity index (χ4n) is 4.50. The number of nitrogens with one attached hydrogen (secondary N) is 1. The summed E-state index contributed by atoms with van der Waals surface area (Å²) in [6, 6.07) is 9.08. The molecular weight excluding hydrogens is 471 g/mol. The molecule has 0 unspecified atom stereocenters. The Morgan fingerprint density at radius 1 is 1.20 bits per heavy atom. The predicted molar refractivity (Wildman–Crippen MR) is 131 cm³/mol. The number of nitrogens with zero attached hydrogens (tertiary/aromatic N) is 5. The van der Waals surface area contributed by atoms with Crippen LogP contribution in [0.15, 0.2) is 66.0 Å². The van der Waals surface area contributed by atoms with E-state index in [1.807, 2.05) is 0 Å². The highest BCUT2D eigenvalue weighted by atomic mass is 35.5. The Bertz CT molecular complexity index is 1420. The first-order valence-corrected chi connectivity index (χ1v) is 11.7. The number of aromatic nitrogens is 5. The number of hydrogen-bond donors (Lipinski definition) is 2. The second-order valence-electron chi connectivity index (χ2n) is 8.76. The van der Waals surface area contributed by atoms with Crippen LogP contribution in [0, 0.1) is 5.82 Å². The monoisotopic (exact) mass is 494 g/mol. The van der Waals surface area contributed by atoms with Crippen molar-refractivity contribution in [2.45, 2.75) is 37.5 Å². The molecular formula is C25H24ClFN6O2. The van der Waals surface area contributed by atoms with Crippen LogP contribution < -0.4 is 10.9 Å². The summed E-state index contributed by atoms with van der Waals surface area (Å²) >= 11 is 5.89. The maximum atomic E-state index is 14.3. The molecule has 35 heavy (non-hydrogen) atoms. The molecule has 5 rings (SSSR count). The molecule has 0 saturated heterocycles. The molecule has 2 N–H and O–H groups in total. The van der Waals surface area contributed by atoms with Gasteiger partial charge in [0.05, 0.1) is 29.1 Å². The molecule has 0 spiro atoms. The first kappa shape index (κ1) is 23.2. The summed E-state index contributed by atoms with van der Waals surface area (Å²) in [5.74, 6) is -0.103. The molecule has 3 atom stereocenters. The molecule has 1 aliphatic carbocycles. The standard InChI is InChI=1S/C25H24ClFN6O2/c1-32-14-17(13-29-32)24(16-2-5-20(26)21(27)10-16)33-9-7-15(11-23(33)35)22-6-8-28-25(31-22)30-18-3-4-19(34)12-18/h2,5-11,13-14,18-19,24,34H,3-4,12H2,1H3,(H,28,30,31)/t18-,19-,24-/m0/s1. The molecule has 0 amide bonds. The number of hydrogen-bond acceptors (Lipinski definition) is 6. The first-order chi connectivity index (χ1) is 16.9. The van der Waals surface area contributed by atoms with E-state index in [1.54, 1.807) is 54.7 Å². The molecule has 1 saturated carbocycles. The molecule has 0 bridgehead atoms. The van der Waals surface area contributed by atoms with Gasteiger partial charge >= 0.3 is 0 Å². The van der Waals surface area contributed by atoms with E-state index in [1.165, 1.54) is 22.8 Å². The lowest BCUT2D eigenvalue weighted by Gasteiger charge is -2.20. The SMILES string of the molecule is Cn1cc([C@H](c2ccc(Cl)c(F)c2)n2ccc(-c3ccnc(N[C@H]4CC[C@H](O)C4)n3)cc2=O)cn1. The van der Waals surface area contributed by atoms with Gasteiger partial charge in [0, 0.05) is 48.9 Å². The third kappa shape index (κ3) is 4.96. The van der Waals surface area contributed by atoms with Crippen molar-refractivity contribution in [2.75, 3.05) is 5.32 Å². The minimum atomic E-state index is -0.589. The molecule has 1 fully saturated rings. The van der Waals surface area contributed by atoms with Crippen molar-refractivity contribution >= 4 is 17.5 Å². The van der Waals surface area contributed by atoms with Gasteiger partial charge in [0.2, 0.25) is 5.95 Å². The van der Waals surface area contributed by atoms with Gasteiger partial charge in [0.1, 0.15) is 5.82 Å². The number of aliphatic hydroxyl groups excluding tert-OH is 1. The number of halogens is 2. The summed E-state index contributed by atoms with van der Waals surface area (Å²) in [4.78, 5) is 22.1. The summed E-state index contributed by atoms with van der Waals surface area (Å²) in [5, 5.41) is 17.3. The van der Waals surface area contributed by atoms with E-state index in [0.29, 0.717) is 29.2 Å². The number of aliphatic hydroxyl groups is 1. The molecule has 180 valence electrons. The molecule has 0 aliphatic heterocycles. The molecule has 1 aliphatic rings. The quantitative estimate of drug-likeness (QED) is 0.423. The average Bonchev–Trinajstić information content (AvgIpc) is 3.45. The van der Waals surface area contributed by atoms with Crippen molar-refractivity contribution in [3.63, 3.8) is 0 Å². The van der Waals surface area contributed by atoms with Crippen LogP contribution >= 0.6 is 11.6 Å². The van der Waals surface area contributed by atoms with Crippen LogP contribution in [0.1, 0.15) is 36.4 Å². The molecule has 8 nitrogen and oxygen atoms in total. The minimum absolute atomic E-state index is 0.0154. The van der Waals surface area contributed by atoms with Crippen LogP contribution in [0.3, 0.4) is 0 Å². The van der Waals surface area contributed by atoms with Gasteiger partial charge < -0.3 is 15.0 Å². The largest absolute Gasteiger partial charge is 0.393 e. The van der Waals surface area contributed by atoms with Gasteiger partial charge in [-0.25, -0.2) is 14.4 Å². The molecule has 4 aromatic rings. The third-order valence-electron chi connectivity index (χ3n) is 6.22. The lowest BCUT2D eigenvalue weighted by molar-refractivity contribution is 0.182. The molecule has 3 aromatic heterocycles. The van der Waals surface area contributed by atoms with Crippen molar-refractivity contribution in [1.29, 1.82) is 0 Å². The Morgan fingerprint density at radius 3 is 2.74 bits per heavy atom. The number of benzene rings is 1. The Kier molecular flexibility index (Phi) is 6.36. The van der Waals surface area contributed by atoms with E-state index in [4.69, 9.17) is 11.6 Å². The topological polar surface area (TPSA) is 97.9 Å². The van der Waals surface area contributed by atoms with Crippen molar-refractivity contribution in [1.82, 2.24) is 24.3 Å². The van der Waals surface area contributed by atoms with Gasteiger partial charge in [-0.3, -0.25) is 9.48 Å². The van der Waals surface area contributed by atoms with Crippen LogP contribution in [0.4, 0.5) is 10.3 Å². The third-order valence-corrected chi connectivity index (χ3v) is 6.52. The van der Waals surface area contributed by atoms with Crippen molar-refractivity contribution in [3.8, 4) is 11.3 Å². The molecule has 1 aromatic carbocycles. The summed E-state index contributed by atoms with van der Waals surface area (Å²) in [7, 11) is 1.78. The Hall–Kier alpha value is -3.56. The van der Waals surface area contributed by atoms with Gasteiger partial charge in [-0.05, 0) is 49.1 Å². The number of pyridine rings is 1. The van der Waals surface area contributed by atoms with Gasteiger partial charge in [-0.2, -0.15) is 5.10 Å². The van der Waals surface area contributed by atoms with Crippen LogP contribution in [0.5, 0.6) is 0 Å².